The van der Waals surface area contributed by atoms with Crippen molar-refractivity contribution in [2.75, 3.05) is 19.7 Å². The van der Waals surface area contributed by atoms with Crippen LogP contribution in [0.15, 0.2) is 0 Å². The van der Waals surface area contributed by atoms with Crippen LogP contribution in [0.25, 0.3) is 0 Å². The Kier molecular flexibility index (Phi) is 7.38. The highest BCUT2D eigenvalue weighted by molar-refractivity contribution is 7.80. The van der Waals surface area contributed by atoms with Crippen LogP contribution in [0, 0.1) is 0 Å². The Morgan fingerprint density at radius 1 is 1.29 bits per heavy atom. The molecule has 0 spiro atoms. The Balaban J connectivity index is 3.67. The molecule has 0 rings (SSSR count). The fourth-order valence-corrected chi connectivity index (χ4v) is 1.34. The zero-order valence-electron chi connectivity index (χ0n) is 9.21. The molecule has 82 valence electrons. The minimum atomic E-state index is 0.215. The summed E-state index contributed by atoms with van der Waals surface area (Å²) in [5.41, 5.74) is 0. The van der Waals surface area contributed by atoms with E-state index in [4.69, 9.17) is 17.0 Å². The third kappa shape index (κ3) is 5.17. The molecule has 14 heavy (non-hydrogen) atoms. The number of Topliss-reactive ketones (excluding diaryl/α,β-unsaturated/α-hetero) is 1. The lowest BCUT2D eigenvalue weighted by Crippen LogP contribution is -2.31. The van der Waals surface area contributed by atoms with E-state index in [9.17, 15) is 4.79 Å². The van der Waals surface area contributed by atoms with Gasteiger partial charge in [0.05, 0.1) is 6.61 Å². The van der Waals surface area contributed by atoms with E-state index >= 15 is 0 Å². The third-order valence-electron chi connectivity index (χ3n) is 2.02. The summed E-state index contributed by atoms with van der Waals surface area (Å²) in [6.45, 7) is 7.99. The van der Waals surface area contributed by atoms with Crippen molar-refractivity contribution >= 4 is 23.2 Å². The maximum absolute atomic E-state index is 11.0. The summed E-state index contributed by atoms with van der Waals surface area (Å²) >= 11 is 5.05. The van der Waals surface area contributed by atoms with E-state index in [2.05, 4.69) is 0 Å². The van der Waals surface area contributed by atoms with Gasteiger partial charge in [-0.1, -0.05) is 6.92 Å². The lowest BCUT2D eigenvalue weighted by Gasteiger charge is -2.21. The number of rotatable bonds is 6. The summed E-state index contributed by atoms with van der Waals surface area (Å²) < 4.78 is 5.29. The Hall–Kier alpha value is -0.640. The highest BCUT2D eigenvalue weighted by Crippen LogP contribution is 1.96. The first kappa shape index (κ1) is 13.4. The molecule has 0 N–H and O–H groups in total. The van der Waals surface area contributed by atoms with Crippen molar-refractivity contribution in [3.63, 3.8) is 0 Å². The number of carbonyl (C=O) groups is 1. The second kappa shape index (κ2) is 7.74. The molecule has 0 fully saturated rings. The number of nitrogens with zero attached hydrogens (tertiary/aromatic N) is 1. The average molecular weight is 217 g/mol. The first-order chi connectivity index (χ1) is 6.65. The van der Waals surface area contributed by atoms with Gasteiger partial charge in [0.2, 0.25) is 0 Å². The van der Waals surface area contributed by atoms with Crippen LogP contribution < -0.4 is 0 Å². The molecule has 0 aliphatic rings. The fraction of sp³-hybridized carbons (Fsp3) is 0.800. The molecule has 0 aromatic rings. The molecular formula is C10H19NO2S. The van der Waals surface area contributed by atoms with Crippen LogP contribution in [0.2, 0.25) is 0 Å². The molecule has 0 aromatic heterocycles. The van der Waals surface area contributed by atoms with Gasteiger partial charge in [0.15, 0.2) is 0 Å². The highest BCUT2D eigenvalue weighted by Gasteiger charge is 2.06. The maximum atomic E-state index is 11.0. The molecule has 0 atom stereocenters. The molecule has 0 aromatic carbocycles. The molecule has 0 unspecified atom stereocenters. The van der Waals surface area contributed by atoms with Gasteiger partial charge in [0.25, 0.3) is 5.17 Å². The summed E-state index contributed by atoms with van der Waals surface area (Å²) in [7, 11) is 0. The van der Waals surface area contributed by atoms with Crippen LogP contribution >= 0.6 is 12.2 Å². The molecule has 0 heterocycles. The van der Waals surface area contributed by atoms with E-state index in [0.717, 1.165) is 13.1 Å². The van der Waals surface area contributed by atoms with E-state index in [1.165, 1.54) is 0 Å². The molecule has 0 saturated carbocycles. The number of ketones is 1. The van der Waals surface area contributed by atoms with E-state index in [1.807, 2.05) is 25.7 Å². The summed E-state index contributed by atoms with van der Waals surface area (Å²) in [6, 6.07) is 0. The first-order valence-corrected chi connectivity index (χ1v) is 5.49. The number of carbonyl (C=O) groups excluding carboxylic acids is 1. The summed E-state index contributed by atoms with van der Waals surface area (Å²) in [6.07, 6.45) is 1.03. The first-order valence-electron chi connectivity index (χ1n) is 5.09. The van der Waals surface area contributed by atoms with E-state index in [0.29, 0.717) is 24.6 Å². The standard InChI is InChI=1S/C10H19NO2S/c1-4-9(12)7-8-13-10(14)11(5-2)6-3/h4-8H2,1-3H3. The zero-order chi connectivity index (χ0) is 11.0. The number of hydrogen-bond acceptors (Lipinski definition) is 3. The minimum Gasteiger partial charge on any atom is -0.470 e. The van der Waals surface area contributed by atoms with Crippen molar-refractivity contribution < 1.29 is 9.53 Å². The van der Waals surface area contributed by atoms with Crippen molar-refractivity contribution in [3.05, 3.63) is 0 Å². The van der Waals surface area contributed by atoms with E-state index in [-0.39, 0.29) is 5.78 Å². The minimum absolute atomic E-state index is 0.215. The van der Waals surface area contributed by atoms with Gasteiger partial charge in [0, 0.05) is 25.9 Å². The molecule has 0 bridgehead atoms. The molecule has 3 nitrogen and oxygen atoms in total. The van der Waals surface area contributed by atoms with Crippen LogP contribution in [0.3, 0.4) is 0 Å². The van der Waals surface area contributed by atoms with Gasteiger partial charge >= 0.3 is 0 Å². The second-order valence-electron chi connectivity index (χ2n) is 2.93. The van der Waals surface area contributed by atoms with Crippen LogP contribution in [0.1, 0.15) is 33.6 Å². The summed E-state index contributed by atoms with van der Waals surface area (Å²) in [5, 5.41) is 0.499. The lowest BCUT2D eigenvalue weighted by atomic mass is 10.2. The quantitative estimate of drug-likeness (QED) is 0.636. The second-order valence-corrected chi connectivity index (χ2v) is 3.28. The van der Waals surface area contributed by atoms with Gasteiger partial charge < -0.3 is 9.64 Å². The van der Waals surface area contributed by atoms with Gasteiger partial charge in [-0.3, -0.25) is 4.79 Å². The maximum Gasteiger partial charge on any atom is 0.259 e. The molecular weight excluding hydrogens is 198 g/mol. The monoisotopic (exact) mass is 217 g/mol. The van der Waals surface area contributed by atoms with E-state index < -0.39 is 0 Å². The van der Waals surface area contributed by atoms with Crippen molar-refractivity contribution in [3.8, 4) is 0 Å². The normalized spacial score (nSPS) is 9.64. The summed E-state index contributed by atoms with van der Waals surface area (Å²) in [4.78, 5) is 12.9. The predicted molar refractivity (Wildman–Crippen MR) is 61.4 cm³/mol. The van der Waals surface area contributed by atoms with Crippen molar-refractivity contribution in [1.82, 2.24) is 4.90 Å². The van der Waals surface area contributed by atoms with E-state index in [1.54, 1.807) is 0 Å². The smallest absolute Gasteiger partial charge is 0.259 e. The Labute approximate surface area is 91.4 Å². The number of ether oxygens (including phenoxy) is 1. The number of hydrogen-bond donors (Lipinski definition) is 0. The van der Waals surface area contributed by atoms with Crippen molar-refractivity contribution in [2.45, 2.75) is 33.6 Å². The predicted octanol–water partition coefficient (Wildman–Crippen LogP) is 2.00. The zero-order valence-corrected chi connectivity index (χ0v) is 10.0. The van der Waals surface area contributed by atoms with Gasteiger partial charge in [-0.05, 0) is 26.1 Å². The average Bonchev–Trinajstić information content (AvgIpc) is 2.19. The van der Waals surface area contributed by atoms with Gasteiger partial charge in [-0.25, -0.2) is 0 Å². The van der Waals surface area contributed by atoms with Crippen LogP contribution in [-0.4, -0.2) is 35.6 Å². The van der Waals surface area contributed by atoms with Gasteiger partial charge in [-0.2, -0.15) is 0 Å². The van der Waals surface area contributed by atoms with Crippen LogP contribution in [0.5, 0.6) is 0 Å². The van der Waals surface area contributed by atoms with Gasteiger partial charge in [-0.15, -0.1) is 0 Å². The molecule has 0 aliphatic carbocycles. The third-order valence-corrected chi connectivity index (χ3v) is 2.40. The molecule has 4 heteroatoms. The SMILES string of the molecule is CCC(=O)CCOC(=S)N(CC)CC. The molecule has 0 amide bonds. The molecule has 0 aliphatic heterocycles. The Morgan fingerprint density at radius 3 is 2.29 bits per heavy atom. The Bertz CT molecular complexity index is 191. The lowest BCUT2D eigenvalue weighted by molar-refractivity contribution is -0.119. The molecule has 0 radical (unpaired) electrons. The highest BCUT2D eigenvalue weighted by atomic mass is 32.1. The van der Waals surface area contributed by atoms with Gasteiger partial charge in [0.1, 0.15) is 5.78 Å². The van der Waals surface area contributed by atoms with Crippen molar-refractivity contribution in [2.24, 2.45) is 0 Å². The van der Waals surface area contributed by atoms with Crippen LogP contribution in [-0.2, 0) is 9.53 Å². The summed E-state index contributed by atoms with van der Waals surface area (Å²) in [5.74, 6) is 0.215. The number of thiocarbonyl (C=S) groups is 1. The largest absolute Gasteiger partial charge is 0.470 e. The fourth-order valence-electron chi connectivity index (χ4n) is 1.00. The molecule has 0 saturated heterocycles. The van der Waals surface area contributed by atoms with Crippen LogP contribution in [0.4, 0.5) is 0 Å². The topological polar surface area (TPSA) is 29.5 Å². The van der Waals surface area contributed by atoms with Crippen molar-refractivity contribution in [1.29, 1.82) is 0 Å². The Morgan fingerprint density at radius 2 is 1.86 bits per heavy atom.